The van der Waals surface area contributed by atoms with Crippen LogP contribution in [0.15, 0.2) is 70.6 Å². The number of hydrogen-bond donors (Lipinski definition) is 0. The fraction of sp³-hybridized carbons (Fsp3) is 0.211. The fourth-order valence-electron chi connectivity index (χ4n) is 2.42. The highest BCUT2D eigenvalue weighted by Crippen LogP contribution is 2.32. The smallest absolute Gasteiger partial charge is 0.228 e. The molecule has 0 amide bonds. The van der Waals surface area contributed by atoms with Gasteiger partial charge in [0.2, 0.25) is 5.18 Å². The number of nitrogens with zero attached hydrogens (tertiary/aromatic N) is 2. The number of ether oxygens (including phenoxy) is 1. The summed E-state index contributed by atoms with van der Waals surface area (Å²) in [5, 5.41) is -0.361. The molecule has 136 valence electrons. The number of aryl methyl sites for hydroxylation is 1. The molecular weight excluding hydrogens is 455 g/mol. The number of rotatable bonds is 7. The number of halogens is 3. The SMILES string of the molecule is Cc1cc(SCOC(Cl)(Cc2ccc(Cl)cc2)n2ccnc2)ccc1Br. The van der Waals surface area contributed by atoms with E-state index in [-0.39, 0.29) is 0 Å². The second-order valence-electron chi connectivity index (χ2n) is 5.78. The Balaban J connectivity index is 1.71. The summed E-state index contributed by atoms with van der Waals surface area (Å²) in [6.45, 7) is 2.06. The Morgan fingerprint density at radius 2 is 2.00 bits per heavy atom. The summed E-state index contributed by atoms with van der Waals surface area (Å²) >= 11 is 17.9. The lowest BCUT2D eigenvalue weighted by Gasteiger charge is -2.28. The molecule has 3 aromatic rings. The Kier molecular flexibility index (Phi) is 6.70. The molecule has 3 rings (SSSR count). The molecule has 0 fully saturated rings. The minimum Gasteiger partial charge on any atom is -0.330 e. The molecule has 0 spiro atoms. The van der Waals surface area contributed by atoms with Crippen LogP contribution in [0.25, 0.3) is 0 Å². The molecule has 26 heavy (non-hydrogen) atoms. The number of aromatic nitrogens is 2. The standard InChI is InChI=1S/C19H17BrCl2N2OS/c1-14-10-17(6-7-18(14)20)26-13-25-19(22,24-9-8-23-12-24)11-15-2-4-16(21)5-3-15/h2-10,12H,11,13H2,1H3. The van der Waals surface area contributed by atoms with E-state index in [1.54, 1.807) is 35.0 Å². The topological polar surface area (TPSA) is 27.1 Å². The van der Waals surface area contributed by atoms with Crippen molar-refractivity contribution in [2.75, 3.05) is 5.94 Å². The van der Waals surface area contributed by atoms with Crippen molar-refractivity contribution >= 4 is 50.9 Å². The highest BCUT2D eigenvalue weighted by Gasteiger charge is 2.30. The molecule has 0 bridgehead atoms. The summed E-state index contributed by atoms with van der Waals surface area (Å²) in [5.74, 6) is 0.413. The largest absolute Gasteiger partial charge is 0.330 e. The van der Waals surface area contributed by atoms with Crippen molar-refractivity contribution in [1.29, 1.82) is 0 Å². The Hall–Kier alpha value is -0.980. The van der Waals surface area contributed by atoms with Gasteiger partial charge >= 0.3 is 0 Å². The van der Waals surface area contributed by atoms with Gasteiger partial charge in [-0.1, -0.05) is 63.0 Å². The van der Waals surface area contributed by atoms with Gasteiger partial charge in [-0.2, -0.15) is 0 Å². The molecule has 0 radical (unpaired) electrons. The van der Waals surface area contributed by atoms with Crippen molar-refractivity contribution in [1.82, 2.24) is 9.55 Å². The van der Waals surface area contributed by atoms with E-state index in [2.05, 4.69) is 40.0 Å². The number of benzene rings is 2. The van der Waals surface area contributed by atoms with Crippen LogP contribution < -0.4 is 0 Å². The van der Waals surface area contributed by atoms with Crippen LogP contribution in [0.2, 0.25) is 5.02 Å². The predicted octanol–water partition coefficient (Wildman–Crippen LogP) is 6.47. The third-order valence-electron chi connectivity index (χ3n) is 3.86. The first-order valence-corrected chi connectivity index (χ1v) is 10.4. The average molecular weight is 472 g/mol. The van der Waals surface area contributed by atoms with E-state index in [0.717, 1.165) is 14.9 Å². The molecule has 1 unspecified atom stereocenters. The van der Waals surface area contributed by atoms with Gasteiger partial charge in [0.1, 0.15) is 5.94 Å². The van der Waals surface area contributed by atoms with Gasteiger partial charge in [0.05, 0.1) is 6.33 Å². The Morgan fingerprint density at radius 3 is 2.65 bits per heavy atom. The first-order chi connectivity index (χ1) is 12.5. The molecule has 0 aliphatic carbocycles. The van der Waals surface area contributed by atoms with E-state index in [1.165, 1.54) is 5.56 Å². The Labute approximate surface area is 175 Å². The zero-order valence-electron chi connectivity index (χ0n) is 14.0. The molecule has 0 saturated carbocycles. The van der Waals surface area contributed by atoms with Crippen LogP contribution in [-0.4, -0.2) is 15.5 Å². The van der Waals surface area contributed by atoms with Crippen molar-refractivity contribution in [2.24, 2.45) is 0 Å². The van der Waals surface area contributed by atoms with E-state index < -0.39 is 5.18 Å². The third kappa shape index (κ3) is 5.05. The second-order valence-corrected chi connectivity index (χ2v) is 8.66. The van der Waals surface area contributed by atoms with Crippen LogP contribution in [0.5, 0.6) is 0 Å². The lowest BCUT2D eigenvalue weighted by atomic mass is 10.1. The van der Waals surface area contributed by atoms with E-state index in [1.807, 2.05) is 30.3 Å². The molecule has 3 nitrogen and oxygen atoms in total. The number of alkyl halides is 1. The maximum atomic E-state index is 6.85. The van der Waals surface area contributed by atoms with E-state index in [9.17, 15) is 0 Å². The summed E-state index contributed by atoms with van der Waals surface area (Å²) in [7, 11) is 0. The van der Waals surface area contributed by atoms with Gasteiger partial charge in [-0.05, 0) is 48.4 Å². The van der Waals surface area contributed by atoms with E-state index in [0.29, 0.717) is 17.4 Å². The van der Waals surface area contributed by atoms with Gasteiger partial charge in [-0.25, -0.2) is 4.98 Å². The molecule has 0 aliphatic rings. The monoisotopic (exact) mass is 470 g/mol. The molecule has 7 heteroatoms. The van der Waals surface area contributed by atoms with Crippen molar-refractivity contribution < 1.29 is 4.74 Å². The van der Waals surface area contributed by atoms with Gasteiger partial charge in [-0.3, -0.25) is 4.57 Å². The van der Waals surface area contributed by atoms with Crippen LogP contribution in [0.3, 0.4) is 0 Å². The molecule has 0 saturated heterocycles. The molecule has 1 heterocycles. The molecule has 1 aromatic heterocycles. The Bertz CT molecular complexity index is 858. The number of hydrogen-bond acceptors (Lipinski definition) is 3. The van der Waals surface area contributed by atoms with Crippen molar-refractivity contribution in [3.63, 3.8) is 0 Å². The summed E-state index contributed by atoms with van der Waals surface area (Å²) in [4.78, 5) is 5.22. The van der Waals surface area contributed by atoms with E-state index >= 15 is 0 Å². The lowest BCUT2D eigenvalue weighted by Crippen LogP contribution is -2.32. The average Bonchev–Trinajstić information content (AvgIpc) is 3.16. The van der Waals surface area contributed by atoms with Crippen molar-refractivity contribution in [3.05, 3.63) is 81.8 Å². The van der Waals surface area contributed by atoms with Gasteiger partial charge in [-0.15, -0.1) is 0 Å². The number of thioether (sulfide) groups is 1. The number of imidazole rings is 1. The highest BCUT2D eigenvalue weighted by atomic mass is 79.9. The molecule has 0 N–H and O–H groups in total. The Morgan fingerprint density at radius 1 is 1.23 bits per heavy atom. The zero-order valence-corrected chi connectivity index (χ0v) is 17.9. The van der Waals surface area contributed by atoms with Gasteiger partial charge < -0.3 is 4.74 Å². The van der Waals surface area contributed by atoms with Crippen LogP contribution in [0.4, 0.5) is 0 Å². The molecular formula is C19H17BrCl2N2OS. The van der Waals surface area contributed by atoms with Crippen molar-refractivity contribution in [3.8, 4) is 0 Å². The first kappa shape index (κ1) is 19.8. The van der Waals surface area contributed by atoms with Gasteiger partial charge in [0.15, 0.2) is 0 Å². The van der Waals surface area contributed by atoms with Crippen LogP contribution in [0, 0.1) is 6.92 Å². The second kappa shape index (κ2) is 8.81. The summed E-state index contributed by atoms with van der Waals surface area (Å²) in [6.07, 6.45) is 5.64. The maximum Gasteiger partial charge on any atom is 0.228 e. The minimum absolute atomic E-state index is 0.413. The first-order valence-electron chi connectivity index (χ1n) is 7.91. The zero-order chi connectivity index (χ0) is 18.6. The van der Waals surface area contributed by atoms with E-state index in [4.69, 9.17) is 27.9 Å². The molecule has 0 aliphatic heterocycles. The molecule has 1 atom stereocenters. The van der Waals surface area contributed by atoms with Gasteiger partial charge in [0.25, 0.3) is 0 Å². The maximum absolute atomic E-state index is 6.85. The predicted molar refractivity (Wildman–Crippen MR) is 112 cm³/mol. The highest BCUT2D eigenvalue weighted by molar-refractivity contribution is 9.10. The summed E-state index contributed by atoms with van der Waals surface area (Å²) in [5.41, 5.74) is 2.21. The van der Waals surface area contributed by atoms with Crippen LogP contribution in [0.1, 0.15) is 11.1 Å². The van der Waals surface area contributed by atoms with Gasteiger partial charge in [0, 0.05) is 33.2 Å². The normalized spacial score (nSPS) is 13.5. The van der Waals surface area contributed by atoms with Crippen molar-refractivity contribution in [2.45, 2.75) is 23.4 Å². The minimum atomic E-state index is -1.05. The molecule has 2 aromatic carbocycles. The lowest BCUT2D eigenvalue weighted by molar-refractivity contribution is -0.00993. The summed E-state index contributed by atoms with van der Waals surface area (Å²) in [6, 6.07) is 13.8. The van der Waals surface area contributed by atoms with Crippen LogP contribution >= 0.6 is 50.9 Å². The fourth-order valence-corrected chi connectivity index (χ4v) is 3.98. The third-order valence-corrected chi connectivity index (χ3v) is 6.26. The summed E-state index contributed by atoms with van der Waals surface area (Å²) < 4.78 is 8.96. The van der Waals surface area contributed by atoms with Crippen LogP contribution in [-0.2, 0) is 16.3 Å². The quantitative estimate of drug-likeness (QED) is 0.224.